The molecular formula is C23H24N4O2. The van der Waals surface area contributed by atoms with Crippen molar-refractivity contribution in [2.24, 2.45) is 0 Å². The predicted molar refractivity (Wildman–Crippen MR) is 116 cm³/mol. The molecule has 1 aromatic heterocycles. The van der Waals surface area contributed by atoms with Gasteiger partial charge in [-0.05, 0) is 55.7 Å². The van der Waals surface area contributed by atoms with Gasteiger partial charge in [0.2, 0.25) is 11.8 Å². The lowest BCUT2D eigenvalue weighted by Crippen LogP contribution is -2.29. The standard InChI is InChI=1S/C23H24N4O2/c28-21(25-18-9-11-19(12-10-18)27-14-2-1-3-15-27)16-22(29)26-20-8-4-6-17-7-5-13-24-23(17)20/h4-13H,1-3,14-16H2,(H,25,28)(H,26,29). The molecule has 29 heavy (non-hydrogen) atoms. The van der Waals surface area contributed by atoms with E-state index >= 15 is 0 Å². The van der Waals surface area contributed by atoms with Gasteiger partial charge in [-0.25, -0.2) is 0 Å². The predicted octanol–water partition coefficient (Wildman–Crippen LogP) is 4.19. The van der Waals surface area contributed by atoms with Crippen molar-refractivity contribution in [1.29, 1.82) is 0 Å². The Morgan fingerprint density at radius 3 is 2.38 bits per heavy atom. The fraction of sp³-hybridized carbons (Fsp3) is 0.261. The number of pyridine rings is 1. The summed E-state index contributed by atoms with van der Waals surface area (Å²) in [5.41, 5.74) is 3.17. The molecule has 2 N–H and O–H groups in total. The van der Waals surface area contributed by atoms with Crippen molar-refractivity contribution in [3.8, 4) is 0 Å². The highest BCUT2D eigenvalue weighted by atomic mass is 16.2. The fourth-order valence-corrected chi connectivity index (χ4v) is 3.66. The van der Waals surface area contributed by atoms with Gasteiger partial charge >= 0.3 is 0 Å². The number of fused-ring (bicyclic) bond motifs is 1. The number of carbonyl (C=O) groups excluding carboxylic acids is 2. The maximum absolute atomic E-state index is 12.3. The summed E-state index contributed by atoms with van der Waals surface area (Å²) < 4.78 is 0. The Kier molecular flexibility index (Phi) is 5.70. The third-order valence-corrected chi connectivity index (χ3v) is 5.10. The minimum atomic E-state index is -0.370. The number of para-hydroxylation sites is 1. The molecule has 0 saturated carbocycles. The molecule has 0 spiro atoms. The summed E-state index contributed by atoms with van der Waals surface area (Å²) >= 11 is 0. The zero-order valence-electron chi connectivity index (χ0n) is 16.2. The van der Waals surface area contributed by atoms with Crippen LogP contribution in [-0.2, 0) is 9.59 Å². The Morgan fingerprint density at radius 2 is 1.59 bits per heavy atom. The van der Waals surface area contributed by atoms with Gasteiger partial charge < -0.3 is 15.5 Å². The SMILES string of the molecule is O=C(CC(=O)Nc1cccc2cccnc12)Nc1ccc(N2CCCCC2)cc1. The summed E-state index contributed by atoms with van der Waals surface area (Å²) in [6.07, 6.45) is 5.16. The van der Waals surface area contributed by atoms with Crippen LogP contribution in [0.4, 0.5) is 17.1 Å². The second-order valence-corrected chi connectivity index (χ2v) is 7.25. The van der Waals surface area contributed by atoms with Gasteiger partial charge in [-0.3, -0.25) is 14.6 Å². The Labute approximate surface area is 169 Å². The normalized spacial score (nSPS) is 13.9. The van der Waals surface area contributed by atoms with Gasteiger partial charge in [-0.1, -0.05) is 18.2 Å². The van der Waals surface area contributed by atoms with Crippen LogP contribution in [0.2, 0.25) is 0 Å². The van der Waals surface area contributed by atoms with Crippen LogP contribution in [0, 0.1) is 0 Å². The van der Waals surface area contributed by atoms with Crippen LogP contribution in [0.15, 0.2) is 60.8 Å². The molecule has 0 unspecified atom stereocenters. The monoisotopic (exact) mass is 388 g/mol. The first-order valence-electron chi connectivity index (χ1n) is 9.97. The number of hydrogen-bond donors (Lipinski definition) is 2. The molecule has 2 heterocycles. The average Bonchev–Trinajstić information content (AvgIpc) is 2.75. The third kappa shape index (κ3) is 4.71. The number of anilines is 3. The second-order valence-electron chi connectivity index (χ2n) is 7.25. The summed E-state index contributed by atoms with van der Waals surface area (Å²) in [5.74, 6) is -0.716. The molecule has 1 fully saturated rings. The number of carbonyl (C=O) groups is 2. The van der Waals surface area contributed by atoms with E-state index in [1.54, 1.807) is 12.3 Å². The van der Waals surface area contributed by atoms with Crippen molar-refractivity contribution in [2.45, 2.75) is 25.7 Å². The van der Waals surface area contributed by atoms with E-state index in [1.165, 1.54) is 24.9 Å². The van der Waals surface area contributed by atoms with E-state index in [4.69, 9.17) is 0 Å². The molecule has 0 aliphatic carbocycles. The first-order valence-corrected chi connectivity index (χ1v) is 9.97. The topological polar surface area (TPSA) is 74.3 Å². The molecule has 1 aliphatic heterocycles. The quantitative estimate of drug-likeness (QED) is 0.643. The summed E-state index contributed by atoms with van der Waals surface area (Å²) in [7, 11) is 0. The number of aromatic nitrogens is 1. The number of nitrogens with zero attached hydrogens (tertiary/aromatic N) is 2. The zero-order chi connectivity index (χ0) is 20.1. The number of piperidine rings is 1. The van der Waals surface area contributed by atoms with Crippen LogP contribution in [0.1, 0.15) is 25.7 Å². The van der Waals surface area contributed by atoms with Crippen molar-refractivity contribution < 1.29 is 9.59 Å². The van der Waals surface area contributed by atoms with Crippen molar-refractivity contribution >= 4 is 39.8 Å². The van der Waals surface area contributed by atoms with E-state index in [2.05, 4.69) is 20.5 Å². The van der Waals surface area contributed by atoms with Gasteiger partial charge in [0.05, 0.1) is 11.2 Å². The second kappa shape index (κ2) is 8.73. The van der Waals surface area contributed by atoms with Crippen LogP contribution >= 0.6 is 0 Å². The number of benzene rings is 2. The number of hydrogen-bond acceptors (Lipinski definition) is 4. The van der Waals surface area contributed by atoms with Gasteiger partial charge in [-0.15, -0.1) is 0 Å². The van der Waals surface area contributed by atoms with Crippen molar-refractivity contribution in [3.05, 3.63) is 60.8 Å². The molecule has 1 aliphatic rings. The van der Waals surface area contributed by atoms with E-state index in [0.29, 0.717) is 16.9 Å². The molecule has 2 amide bonds. The molecule has 4 rings (SSSR count). The molecule has 3 aromatic rings. The summed E-state index contributed by atoms with van der Waals surface area (Å²) in [6.45, 7) is 2.16. The van der Waals surface area contributed by atoms with Crippen LogP contribution in [0.5, 0.6) is 0 Å². The summed E-state index contributed by atoms with van der Waals surface area (Å²) in [5, 5.41) is 6.51. The molecule has 148 valence electrons. The average molecular weight is 388 g/mol. The number of rotatable bonds is 5. The van der Waals surface area contributed by atoms with E-state index in [0.717, 1.165) is 18.5 Å². The van der Waals surface area contributed by atoms with E-state index < -0.39 is 0 Å². The zero-order valence-corrected chi connectivity index (χ0v) is 16.2. The van der Waals surface area contributed by atoms with E-state index in [1.807, 2.05) is 48.5 Å². The van der Waals surface area contributed by atoms with Gasteiger partial charge in [0.1, 0.15) is 6.42 Å². The minimum Gasteiger partial charge on any atom is -0.372 e. The maximum Gasteiger partial charge on any atom is 0.233 e. The molecule has 6 nitrogen and oxygen atoms in total. The van der Waals surface area contributed by atoms with E-state index in [9.17, 15) is 9.59 Å². The lowest BCUT2D eigenvalue weighted by atomic mass is 10.1. The Morgan fingerprint density at radius 1 is 0.862 bits per heavy atom. The van der Waals surface area contributed by atoms with Crippen molar-refractivity contribution in [1.82, 2.24) is 4.98 Å². The highest BCUT2D eigenvalue weighted by Crippen LogP contribution is 2.22. The van der Waals surface area contributed by atoms with Crippen molar-refractivity contribution in [3.63, 3.8) is 0 Å². The highest BCUT2D eigenvalue weighted by molar-refractivity contribution is 6.10. The lowest BCUT2D eigenvalue weighted by Gasteiger charge is -2.28. The molecule has 0 atom stereocenters. The third-order valence-electron chi connectivity index (χ3n) is 5.10. The molecule has 1 saturated heterocycles. The fourth-order valence-electron chi connectivity index (χ4n) is 3.66. The van der Waals surface area contributed by atoms with Crippen molar-refractivity contribution in [2.75, 3.05) is 28.6 Å². The van der Waals surface area contributed by atoms with Gasteiger partial charge in [0, 0.05) is 36.0 Å². The maximum atomic E-state index is 12.3. The first kappa shape index (κ1) is 18.9. The molecule has 6 heteroatoms. The number of nitrogens with one attached hydrogen (secondary N) is 2. The Balaban J connectivity index is 1.33. The largest absolute Gasteiger partial charge is 0.372 e. The lowest BCUT2D eigenvalue weighted by molar-refractivity contribution is -0.123. The van der Waals surface area contributed by atoms with Gasteiger partial charge in [0.25, 0.3) is 0 Å². The molecule has 2 aromatic carbocycles. The minimum absolute atomic E-state index is 0.253. The smallest absolute Gasteiger partial charge is 0.233 e. The van der Waals surface area contributed by atoms with Gasteiger partial charge in [0.15, 0.2) is 0 Å². The molecule has 0 radical (unpaired) electrons. The molecule has 0 bridgehead atoms. The highest BCUT2D eigenvalue weighted by Gasteiger charge is 2.13. The van der Waals surface area contributed by atoms with Crippen LogP contribution in [0.25, 0.3) is 10.9 Å². The molecular weight excluding hydrogens is 364 g/mol. The Hall–Kier alpha value is -3.41. The van der Waals surface area contributed by atoms with E-state index in [-0.39, 0.29) is 18.2 Å². The number of amides is 2. The van der Waals surface area contributed by atoms with Crippen LogP contribution in [-0.4, -0.2) is 29.9 Å². The summed E-state index contributed by atoms with van der Waals surface area (Å²) in [6, 6.07) is 17.1. The summed E-state index contributed by atoms with van der Waals surface area (Å²) in [4.78, 5) is 31.2. The first-order chi connectivity index (χ1) is 14.2. The van der Waals surface area contributed by atoms with Gasteiger partial charge in [-0.2, -0.15) is 0 Å². The van der Waals surface area contributed by atoms with Crippen LogP contribution < -0.4 is 15.5 Å². The Bertz CT molecular complexity index is 1010. The van der Waals surface area contributed by atoms with Crippen LogP contribution in [0.3, 0.4) is 0 Å².